The van der Waals surface area contributed by atoms with E-state index in [0.29, 0.717) is 12.0 Å². The molecule has 4 heteroatoms. The molecule has 0 spiro atoms. The molecule has 1 amide bonds. The van der Waals surface area contributed by atoms with Gasteiger partial charge in [-0.15, -0.1) is 12.4 Å². The second-order valence-corrected chi connectivity index (χ2v) is 5.03. The van der Waals surface area contributed by atoms with E-state index in [0.717, 1.165) is 19.4 Å². The zero-order valence-electron chi connectivity index (χ0n) is 10.00. The average Bonchev–Trinajstić information content (AvgIpc) is 2.74. The van der Waals surface area contributed by atoms with Crippen molar-refractivity contribution >= 4 is 18.3 Å². The van der Waals surface area contributed by atoms with Gasteiger partial charge in [0, 0.05) is 6.04 Å². The minimum atomic E-state index is 0. The molecule has 1 heterocycles. The topological polar surface area (TPSA) is 41.1 Å². The summed E-state index contributed by atoms with van der Waals surface area (Å²) in [6.45, 7) is 3.25. The standard InChI is InChI=1S/C12H22N2O.ClH/c1-9-5-2-3-6-10(9)14-12(15)11-7-4-8-13-11;/h9-11,13H,2-8H2,1H3,(H,14,15);1H. The Balaban J connectivity index is 0.00000128. The highest BCUT2D eigenvalue weighted by Gasteiger charge is 2.27. The molecule has 0 bridgehead atoms. The predicted octanol–water partition coefficient (Wildman–Crippen LogP) is 1.86. The van der Waals surface area contributed by atoms with Gasteiger partial charge < -0.3 is 10.6 Å². The molecular formula is C12H23ClN2O. The van der Waals surface area contributed by atoms with E-state index in [1.54, 1.807) is 0 Å². The van der Waals surface area contributed by atoms with Crippen molar-refractivity contribution in [3.05, 3.63) is 0 Å². The van der Waals surface area contributed by atoms with Crippen LogP contribution in [0.25, 0.3) is 0 Å². The second kappa shape index (κ2) is 6.45. The van der Waals surface area contributed by atoms with Gasteiger partial charge in [-0.2, -0.15) is 0 Å². The van der Waals surface area contributed by atoms with Crippen molar-refractivity contribution in [1.29, 1.82) is 0 Å². The fourth-order valence-corrected chi connectivity index (χ4v) is 2.72. The van der Waals surface area contributed by atoms with Gasteiger partial charge in [0.2, 0.25) is 5.91 Å². The zero-order valence-corrected chi connectivity index (χ0v) is 10.8. The molecule has 1 aliphatic carbocycles. The number of carbonyl (C=O) groups excluding carboxylic acids is 1. The highest BCUT2D eigenvalue weighted by Crippen LogP contribution is 2.23. The van der Waals surface area contributed by atoms with Gasteiger partial charge in [0.1, 0.15) is 0 Å². The highest BCUT2D eigenvalue weighted by molar-refractivity contribution is 5.85. The number of nitrogens with one attached hydrogen (secondary N) is 2. The Morgan fingerprint density at radius 1 is 1.19 bits per heavy atom. The first kappa shape index (κ1) is 13.8. The molecule has 0 aromatic carbocycles. The lowest BCUT2D eigenvalue weighted by Gasteiger charge is -2.30. The summed E-state index contributed by atoms with van der Waals surface area (Å²) in [5.41, 5.74) is 0. The van der Waals surface area contributed by atoms with E-state index in [1.807, 2.05) is 0 Å². The first-order valence-corrected chi connectivity index (χ1v) is 6.31. The maximum Gasteiger partial charge on any atom is 0.237 e. The molecule has 1 aliphatic heterocycles. The van der Waals surface area contributed by atoms with E-state index in [-0.39, 0.29) is 24.4 Å². The van der Waals surface area contributed by atoms with E-state index in [9.17, 15) is 4.79 Å². The fraction of sp³-hybridized carbons (Fsp3) is 0.917. The number of carbonyl (C=O) groups is 1. The molecule has 3 unspecified atom stereocenters. The number of hydrogen-bond acceptors (Lipinski definition) is 2. The maximum atomic E-state index is 11.9. The summed E-state index contributed by atoms with van der Waals surface area (Å²) in [6, 6.07) is 0.507. The van der Waals surface area contributed by atoms with E-state index in [1.165, 1.54) is 25.7 Å². The molecule has 0 aromatic rings. The van der Waals surface area contributed by atoms with Gasteiger partial charge in [0.05, 0.1) is 6.04 Å². The number of hydrogen-bond donors (Lipinski definition) is 2. The molecule has 0 radical (unpaired) electrons. The Morgan fingerprint density at radius 2 is 1.94 bits per heavy atom. The molecule has 2 fully saturated rings. The van der Waals surface area contributed by atoms with Crippen LogP contribution in [0.3, 0.4) is 0 Å². The minimum absolute atomic E-state index is 0. The predicted molar refractivity (Wildman–Crippen MR) is 67.8 cm³/mol. The van der Waals surface area contributed by atoms with Crippen molar-refractivity contribution in [3.63, 3.8) is 0 Å². The van der Waals surface area contributed by atoms with Crippen LogP contribution in [-0.2, 0) is 4.79 Å². The van der Waals surface area contributed by atoms with Gasteiger partial charge in [0.25, 0.3) is 0 Å². The van der Waals surface area contributed by atoms with E-state index in [4.69, 9.17) is 0 Å². The van der Waals surface area contributed by atoms with Crippen LogP contribution in [0.1, 0.15) is 45.4 Å². The molecule has 3 nitrogen and oxygen atoms in total. The van der Waals surface area contributed by atoms with Crippen molar-refractivity contribution in [2.75, 3.05) is 6.54 Å². The van der Waals surface area contributed by atoms with E-state index >= 15 is 0 Å². The molecular weight excluding hydrogens is 224 g/mol. The van der Waals surface area contributed by atoms with Crippen molar-refractivity contribution in [2.45, 2.75) is 57.5 Å². The number of amides is 1. The summed E-state index contributed by atoms with van der Waals surface area (Å²) in [7, 11) is 0. The molecule has 1 saturated heterocycles. The van der Waals surface area contributed by atoms with Crippen LogP contribution in [0.4, 0.5) is 0 Å². The van der Waals surface area contributed by atoms with Crippen LogP contribution in [0.15, 0.2) is 0 Å². The second-order valence-electron chi connectivity index (χ2n) is 5.03. The quantitative estimate of drug-likeness (QED) is 0.781. The van der Waals surface area contributed by atoms with E-state index in [2.05, 4.69) is 17.6 Å². The van der Waals surface area contributed by atoms with Crippen LogP contribution in [-0.4, -0.2) is 24.5 Å². The third-order valence-electron chi connectivity index (χ3n) is 3.82. The van der Waals surface area contributed by atoms with Gasteiger partial charge in [-0.25, -0.2) is 0 Å². The van der Waals surface area contributed by atoms with Gasteiger partial charge in [-0.05, 0) is 38.1 Å². The molecule has 1 saturated carbocycles. The smallest absolute Gasteiger partial charge is 0.237 e. The molecule has 2 aliphatic rings. The largest absolute Gasteiger partial charge is 0.352 e. The van der Waals surface area contributed by atoms with Gasteiger partial charge in [-0.3, -0.25) is 4.79 Å². The van der Waals surface area contributed by atoms with Gasteiger partial charge >= 0.3 is 0 Å². The van der Waals surface area contributed by atoms with E-state index < -0.39 is 0 Å². The summed E-state index contributed by atoms with van der Waals surface area (Å²) in [5.74, 6) is 0.885. The Morgan fingerprint density at radius 3 is 2.56 bits per heavy atom. The monoisotopic (exact) mass is 246 g/mol. The summed E-state index contributed by atoms with van der Waals surface area (Å²) >= 11 is 0. The summed E-state index contributed by atoms with van der Waals surface area (Å²) in [4.78, 5) is 11.9. The molecule has 94 valence electrons. The first-order chi connectivity index (χ1) is 7.27. The number of rotatable bonds is 2. The van der Waals surface area contributed by atoms with Crippen molar-refractivity contribution in [2.24, 2.45) is 5.92 Å². The lowest BCUT2D eigenvalue weighted by molar-refractivity contribution is -0.124. The SMILES string of the molecule is CC1CCCCC1NC(=O)C1CCCN1.Cl. The van der Waals surface area contributed by atoms with Crippen LogP contribution in [0.5, 0.6) is 0 Å². The molecule has 16 heavy (non-hydrogen) atoms. The average molecular weight is 247 g/mol. The van der Waals surface area contributed by atoms with Gasteiger partial charge in [0.15, 0.2) is 0 Å². The summed E-state index contributed by atoms with van der Waals surface area (Å²) in [6.07, 6.45) is 7.18. The normalized spacial score (nSPS) is 34.2. The molecule has 2 N–H and O–H groups in total. The first-order valence-electron chi connectivity index (χ1n) is 6.31. The summed E-state index contributed by atoms with van der Waals surface area (Å²) < 4.78 is 0. The van der Waals surface area contributed by atoms with Crippen LogP contribution in [0, 0.1) is 5.92 Å². The third kappa shape index (κ3) is 3.36. The molecule has 2 rings (SSSR count). The van der Waals surface area contributed by atoms with Gasteiger partial charge in [-0.1, -0.05) is 19.8 Å². The lowest BCUT2D eigenvalue weighted by Crippen LogP contribution is -2.48. The van der Waals surface area contributed by atoms with Crippen LogP contribution >= 0.6 is 12.4 Å². The van der Waals surface area contributed by atoms with Crippen molar-refractivity contribution < 1.29 is 4.79 Å². The Labute approximate surface area is 104 Å². The van der Waals surface area contributed by atoms with Crippen molar-refractivity contribution in [3.8, 4) is 0 Å². The molecule has 0 aromatic heterocycles. The van der Waals surface area contributed by atoms with Crippen molar-refractivity contribution in [1.82, 2.24) is 10.6 Å². The Kier molecular flexibility index (Phi) is 5.56. The Bertz CT molecular complexity index is 229. The Hall–Kier alpha value is -0.280. The molecule has 3 atom stereocenters. The highest BCUT2D eigenvalue weighted by atomic mass is 35.5. The van der Waals surface area contributed by atoms with Crippen LogP contribution in [0.2, 0.25) is 0 Å². The summed E-state index contributed by atoms with van der Waals surface area (Å²) in [5, 5.41) is 6.46. The lowest BCUT2D eigenvalue weighted by atomic mass is 9.86. The maximum absolute atomic E-state index is 11.9. The number of halogens is 1. The zero-order chi connectivity index (χ0) is 10.7. The fourth-order valence-electron chi connectivity index (χ4n) is 2.72. The minimum Gasteiger partial charge on any atom is -0.352 e. The van der Waals surface area contributed by atoms with Crippen LogP contribution < -0.4 is 10.6 Å². The third-order valence-corrected chi connectivity index (χ3v) is 3.82.